The van der Waals surface area contributed by atoms with Gasteiger partial charge < -0.3 is 11.1 Å². The molecule has 0 aliphatic carbocycles. The third-order valence-electron chi connectivity index (χ3n) is 4.07. The second-order valence-electron chi connectivity index (χ2n) is 6.19. The fourth-order valence-corrected chi connectivity index (χ4v) is 3.65. The Labute approximate surface area is 161 Å². The molecule has 0 fully saturated rings. The molecule has 3 rings (SSSR count). The predicted octanol–water partition coefficient (Wildman–Crippen LogP) is 3.21. The van der Waals surface area contributed by atoms with E-state index < -0.39 is 0 Å². The summed E-state index contributed by atoms with van der Waals surface area (Å²) in [4.78, 5) is 30.8. The summed E-state index contributed by atoms with van der Waals surface area (Å²) in [6, 6.07) is 9.08. The number of thiophene rings is 1. The zero-order valence-electron chi connectivity index (χ0n) is 15.2. The Morgan fingerprint density at radius 1 is 1.19 bits per heavy atom. The Morgan fingerprint density at radius 2 is 1.93 bits per heavy atom. The van der Waals surface area contributed by atoms with E-state index in [4.69, 9.17) is 5.73 Å². The summed E-state index contributed by atoms with van der Waals surface area (Å²) in [6.45, 7) is 4.20. The summed E-state index contributed by atoms with van der Waals surface area (Å²) in [5.74, 6) is 0.982. The van der Waals surface area contributed by atoms with Crippen molar-refractivity contribution in [1.82, 2.24) is 15.2 Å². The van der Waals surface area contributed by atoms with E-state index in [1.807, 2.05) is 32.0 Å². The molecule has 3 aromatic rings. The van der Waals surface area contributed by atoms with Gasteiger partial charge in [-0.1, -0.05) is 0 Å². The van der Waals surface area contributed by atoms with Crippen molar-refractivity contribution >= 4 is 28.7 Å². The van der Waals surface area contributed by atoms with Gasteiger partial charge in [0, 0.05) is 39.4 Å². The van der Waals surface area contributed by atoms with Crippen molar-refractivity contribution in [3.8, 4) is 11.4 Å². The summed E-state index contributed by atoms with van der Waals surface area (Å²) in [6.07, 6.45) is 0.343. The number of hydrogen-bond acceptors (Lipinski definition) is 6. The van der Waals surface area contributed by atoms with Crippen LogP contribution in [0.2, 0.25) is 0 Å². The van der Waals surface area contributed by atoms with Crippen molar-refractivity contribution in [3.63, 3.8) is 0 Å². The maximum absolute atomic E-state index is 12.3. The average molecular weight is 383 g/mol. The molecule has 1 amide bonds. The van der Waals surface area contributed by atoms with Crippen molar-refractivity contribution in [2.45, 2.75) is 33.2 Å². The summed E-state index contributed by atoms with van der Waals surface area (Å²) < 4.78 is 0. The lowest BCUT2D eigenvalue weighted by atomic mass is 10.1. The molecule has 4 N–H and O–H groups in total. The lowest BCUT2D eigenvalue weighted by molar-refractivity contribution is -0.116. The summed E-state index contributed by atoms with van der Waals surface area (Å²) >= 11 is 1.60. The smallest absolute Gasteiger partial charge is 0.224 e. The first-order valence-electron chi connectivity index (χ1n) is 8.58. The lowest BCUT2D eigenvalue weighted by Crippen LogP contribution is -2.13. The number of nitrogens with zero attached hydrogens (tertiary/aromatic N) is 2. The van der Waals surface area contributed by atoms with E-state index >= 15 is 0 Å². The van der Waals surface area contributed by atoms with Crippen LogP contribution in [0.4, 0.5) is 5.69 Å². The maximum Gasteiger partial charge on any atom is 0.224 e. The number of aromatic amines is 1. The molecule has 0 aliphatic heterocycles. The zero-order valence-corrected chi connectivity index (χ0v) is 16.0. The molecule has 1 aromatic carbocycles. The highest BCUT2D eigenvalue weighted by Crippen LogP contribution is 2.22. The van der Waals surface area contributed by atoms with Crippen molar-refractivity contribution in [2.24, 2.45) is 5.73 Å². The minimum atomic E-state index is -0.191. The van der Waals surface area contributed by atoms with Gasteiger partial charge in [-0.3, -0.25) is 14.7 Å². The van der Waals surface area contributed by atoms with Gasteiger partial charge in [-0.15, -0.1) is 11.3 Å². The number of benzene rings is 1. The number of hydrogen-bond donors (Lipinski definition) is 3. The lowest BCUT2D eigenvalue weighted by Gasteiger charge is -2.05. The number of anilines is 1. The molecule has 140 valence electrons. The Hall–Kier alpha value is -2.84. The first-order chi connectivity index (χ1) is 13.0. The number of rotatable bonds is 7. The van der Waals surface area contributed by atoms with Crippen molar-refractivity contribution in [2.75, 3.05) is 5.32 Å². The Morgan fingerprint density at radius 3 is 2.52 bits per heavy atom. The number of nitrogens with two attached hydrogens (primary N) is 1. The van der Waals surface area contributed by atoms with Gasteiger partial charge in [0.05, 0.1) is 6.54 Å². The van der Waals surface area contributed by atoms with Gasteiger partial charge in [-0.25, -0.2) is 4.98 Å². The van der Waals surface area contributed by atoms with Crippen molar-refractivity contribution < 1.29 is 9.59 Å². The van der Waals surface area contributed by atoms with Crippen LogP contribution in [0.5, 0.6) is 0 Å². The van der Waals surface area contributed by atoms with Crippen LogP contribution in [0.15, 0.2) is 30.3 Å². The van der Waals surface area contributed by atoms with E-state index in [2.05, 4.69) is 20.5 Å². The van der Waals surface area contributed by atoms with Crippen LogP contribution >= 0.6 is 11.3 Å². The van der Waals surface area contributed by atoms with Crippen LogP contribution in [0.3, 0.4) is 0 Å². The number of aromatic nitrogens is 3. The molecule has 0 atom stereocenters. The second-order valence-corrected chi connectivity index (χ2v) is 7.65. The highest BCUT2D eigenvalue weighted by molar-refractivity contribution is 7.12. The van der Waals surface area contributed by atoms with Crippen LogP contribution in [-0.2, 0) is 11.3 Å². The van der Waals surface area contributed by atoms with E-state index in [1.165, 1.54) is 0 Å². The molecule has 2 heterocycles. The molecule has 0 radical (unpaired) electrons. The van der Waals surface area contributed by atoms with Crippen LogP contribution in [0.1, 0.15) is 38.8 Å². The van der Waals surface area contributed by atoms with E-state index in [1.54, 1.807) is 23.5 Å². The van der Waals surface area contributed by atoms with Gasteiger partial charge in [0.15, 0.2) is 11.6 Å². The number of aryl methyl sites for hydroxylation is 2. The molecule has 8 heteroatoms. The Balaban J connectivity index is 1.54. The summed E-state index contributed by atoms with van der Waals surface area (Å²) in [5, 5.41) is 9.66. The van der Waals surface area contributed by atoms with Crippen molar-refractivity contribution in [1.29, 1.82) is 0 Å². The van der Waals surface area contributed by atoms with Gasteiger partial charge >= 0.3 is 0 Å². The van der Waals surface area contributed by atoms with Crippen LogP contribution in [0.25, 0.3) is 11.4 Å². The second kappa shape index (κ2) is 8.24. The molecule has 27 heavy (non-hydrogen) atoms. The monoisotopic (exact) mass is 383 g/mol. The molecule has 0 bridgehead atoms. The van der Waals surface area contributed by atoms with Gasteiger partial charge in [-0.2, -0.15) is 5.10 Å². The number of Topliss-reactive ketones (excluding diaryl/α,β-unsaturated/α-hetero) is 1. The van der Waals surface area contributed by atoms with E-state index in [0.29, 0.717) is 23.9 Å². The summed E-state index contributed by atoms with van der Waals surface area (Å²) in [7, 11) is 0. The third kappa shape index (κ3) is 4.66. The number of carbonyl (C=O) groups excluding carboxylic acids is 2. The van der Waals surface area contributed by atoms with Crippen LogP contribution in [0, 0.1) is 13.8 Å². The van der Waals surface area contributed by atoms with Gasteiger partial charge in [0.1, 0.15) is 5.82 Å². The molecule has 0 spiro atoms. The van der Waals surface area contributed by atoms with Crippen LogP contribution in [-0.4, -0.2) is 26.9 Å². The van der Waals surface area contributed by atoms with Crippen LogP contribution < -0.4 is 11.1 Å². The normalized spacial score (nSPS) is 10.8. The minimum absolute atomic E-state index is 0.00247. The fourth-order valence-electron chi connectivity index (χ4n) is 2.71. The number of ketones is 1. The van der Waals surface area contributed by atoms with Gasteiger partial charge in [0.25, 0.3) is 0 Å². The topological polar surface area (TPSA) is 114 Å². The Bertz CT molecular complexity index is 959. The van der Waals surface area contributed by atoms with Gasteiger partial charge in [0.2, 0.25) is 5.91 Å². The molecule has 7 nitrogen and oxygen atoms in total. The molecule has 0 saturated carbocycles. The van der Waals surface area contributed by atoms with E-state index in [0.717, 1.165) is 20.9 Å². The maximum atomic E-state index is 12.3. The minimum Gasteiger partial charge on any atom is -0.326 e. The average Bonchev–Trinajstić information content (AvgIpc) is 3.26. The molecule has 0 aliphatic rings. The van der Waals surface area contributed by atoms with Gasteiger partial charge in [-0.05, 0) is 44.2 Å². The van der Waals surface area contributed by atoms with E-state index in [9.17, 15) is 9.59 Å². The molecule has 0 unspecified atom stereocenters. The Kier molecular flexibility index (Phi) is 5.78. The quantitative estimate of drug-likeness (QED) is 0.542. The molecule has 0 saturated heterocycles. The highest BCUT2D eigenvalue weighted by Gasteiger charge is 2.14. The van der Waals surface area contributed by atoms with E-state index in [-0.39, 0.29) is 24.5 Å². The first kappa shape index (κ1) is 18.9. The zero-order chi connectivity index (χ0) is 19.4. The third-order valence-corrected chi connectivity index (χ3v) is 5.04. The number of nitrogens with one attached hydrogen (secondary N) is 2. The largest absolute Gasteiger partial charge is 0.326 e. The van der Waals surface area contributed by atoms with Crippen molar-refractivity contribution in [3.05, 3.63) is 51.5 Å². The summed E-state index contributed by atoms with van der Waals surface area (Å²) in [5.41, 5.74) is 7.71. The SMILES string of the molecule is Cc1cc(C(=O)CCC(=O)Nc2ccc(-c3n[nH]c(CN)n3)cc2)c(C)s1. The predicted molar refractivity (Wildman–Crippen MR) is 106 cm³/mol. The molecular formula is C19H21N5O2S. The number of amides is 1. The molecular weight excluding hydrogens is 362 g/mol. The fraction of sp³-hybridized carbons (Fsp3) is 0.263. The first-order valence-corrected chi connectivity index (χ1v) is 9.40. The molecule has 2 aromatic heterocycles. The standard InChI is InChI=1S/C19H21N5O2S/c1-11-9-15(12(2)27-11)16(25)7-8-18(26)21-14-5-3-13(4-6-14)19-22-17(10-20)23-24-19/h3-6,9H,7-8,10,20H2,1-2H3,(H,21,26)(H,22,23,24). The highest BCUT2D eigenvalue weighted by atomic mass is 32.1. The number of H-pyrrole nitrogens is 1. The number of carbonyl (C=O) groups is 2.